The van der Waals surface area contributed by atoms with Gasteiger partial charge in [0, 0.05) is 5.56 Å². The van der Waals surface area contributed by atoms with E-state index in [1.54, 1.807) is 0 Å². The Morgan fingerprint density at radius 3 is 2.38 bits per heavy atom. The molecule has 0 N–H and O–H groups in total. The van der Waals surface area contributed by atoms with Crippen LogP contribution in [0.15, 0.2) is 78.3 Å². The highest BCUT2D eigenvalue weighted by Crippen LogP contribution is 2.40. The van der Waals surface area contributed by atoms with Gasteiger partial charge in [-0.1, -0.05) is 60.7 Å². The van der Waals surface area contributed by atoms with Crippen LogP contribution in [0.25, 0.3) is 21.9 Å². The molecule has 0 unspecified atom stereocenters. The van der Waals surface area contributed by atoms with E-state index in [0.29, 0.717) is 0 Å². The largest absolute Gasteiger partial charge is 0.264 e. The van der Waals surface area contributed by atoms with Crippen molar-refractivity contribution in [3.05, 3.63) is 78.9 Å². The highest BCUT2D eigenvalue weighted by molar-refractivity contribution is 6.03. The zero-order valence-electron chi connectivity index (χ0n) is 11.9. The molecule has 0 saturated heterocycles. The molecule has 0 aliphatic rings. The normalized spacial score (nSPS) is 10.5. The SMILES string of the molecule is C=CCc1cc2ccccc2c(-c2ccccc2)c1N=C. The Bertz CT molecular complexity index is 801. The van der Waals surface area contributed by atoms with E-state index in [2.05, 4.69) is 72.9 Å². The second kappa shape index (κ2) is 5.76. The van der Waals surface area contributed by atoms with Gasteiger partial charge in [0.25, 0.3) is 0 Å². The van der Waals surface area contributed by atoms with E-state index in [-0.39, 0.29) is 0 Å². The van der Waals surface area contributed by atoms with Gasteiger partial charge in [-0.15, -0.1) is 6.58 Å². The second-order valence-corrected chi connectivity index (χ2v) is 5.00. The third kappa shape index (κ3) is 2.38. The van der Waals surface area contributed by atoms with E-state index in [1.165, 1.54) is 16.3 Å². The van der Waals surface area contributed by atoms with Gasteiger partial charge in [-0.2, -0.15) is 0 Å². The summed E-state index contributed by atoms with van der Waals surface area (Å²) in [5.41, 5.74) is 4.44. The maximum absolute atomic E-state index is 4.32. The lowest BCUT2D eigenvalue weighted by molar-refractivity contribution is 1.27. The van der Waals surface area contributed by atoms with Crippen molar-refractivity contribution in [2.24, 2.45) is 4.99 Å². The van der Waals surface area contributed by atoms with Crippen LogP contribution in [0.5, 0.6) is 0 Å². The smallest absolute Gasteiger partial charge is 0.0742 e. The zero-order valence-corrected chi connectivity index (χ0v) is 11.9. The molecular formula is C20H17N. The van der Waals surface area contributed by atoms with Gasteiger partial charge in [-0.05, 0) is 41.1 Å². The Morgan fingerprint density at radius 1 is 0.952 bits per heavy atom. The number of nitrogens with zero attached hydrogens (tertiary/aromatic N) is 1. The molecule has 21 heavy (non-hydrogen) atoms. The van der Waals surface area contributed by atoms with Crippen molar-refractivity contribution in [3.63, 3.8) is 0 Å². The molecule has 0 spiro atoms. The summed E-state index contributed by atoms with van der Waals surface area (Å²) < 4.78 is 0. The minimum Gasteiger partial charge on any atom is -0.264 e. The Hall–Kier alpha value is -2.67. The van der Waals surface area contributed by atoms with E-state index >= 15 is 0 Å². The molecule has 0 bridgehead atoms. The predicted molar refractivity (Wildman–Crippen MR) is 92.5 cm³/mol. The van der Waals surface area contributed by atoms with Crippen LogP contribution in [-0.2, 0) is 6.42 Å². The van der Waals surface area contributed by atoms with Crippen molar-refractivity contribution >= 4 is 23.2 Å². The van der Waals surface area contributed by atoms with E-state index in [0.717, 1.165) is 23.2 Å². The third-order valence-electron chi connectivity index (χ3n) is 3.69. The highest BCUT2D eigenvalue weighted by Gasteiger charge is 2.13. The third-order valence-corrected chi connectivity index (χ3v) is 3.69. The van der Waals surface area contributed by atoms with Gasteiger partial charge in [-0.25, -0.2) is 0 Å². The second-order valence-electron chi connectivity index (χ2n) is 5.00. The predicted octanol–water partition coefficient (Wildman–Crippen LogP) is 5.57. The van der Waals surface area contributed by atoms with Crippen LogP contribution in [0, 0.1) is 0 Å². The highest BCUT2D eigenvalue weighted by atomic mass is 14.7. The maximum atomic E-state index is 4.32. The topological polar surface area (TPSA) is 12.4 Å². The molecule has 0 saturated carbocycles. The summed E-state index contributed by atoms with van der Waals surface area (Å²) in [5, 5.41) is 2.43. The fraction of sp³-hybridized carbons (Fsp3) is 0.0500. The molecule has 0 heterocycles. The first kappa shape index (κ1) is 13.3. The van der Waals surface area contributed by atoms with Gasteiger partial charge in [-0.3, -0.25) is 4.99 Å². The fourth-order valence-electron chi connectivity index (χ4n) is 2.78. The zero-order chi connectivity index (χ0) is 14.7. The molecule has 102 valence electrons. The van der Waals surface area contributed by atoms with Crippen LogP contribution in [0.3, 0.4) is 0 Å². The number of hydrogen-bond acceptors (Lipinski definition) is 1. The number of hydrogen-bond donors (Lipinski definition) is 0. The minimum atomic E-state index is 0.791. The lowest BCUT2D eigenvalue weighted by atomic mass is 9.92. The molecule has 0 radical (unpaired) electrons. The molecule has 0 amide bonds. The Morgan fingerprint density at radius 2 is 1.67 bits per heavy atom. The van der Waals surface area contributed by atoms with Crippen LogP contribution in [-0.4, -0.2) is 6.72 Å². The van der Waals surface area contributed by atoms with E-state index in [9.17, 15) is 0 Å². The summed E-state index contributed by atoms with van der Waals surface area (Å²) in [6.07, 6.45) is 2.70. The Kier molecular flexibility index (Phi) is 3.65. The molecule has 0 aliphatic carbocycles. The van der Waals surface area contributed by atoms with Crippen LogP contribution in [0.4, 0.5) is 5.69 Å². The minimum absolute atomic E-state index is 0.791. The lowest BCUT2D eigenvalue weighted by Gasteiger charge is -2.14. The van der Waals surface area contributed by atoms with Gasteiger partial charge in [0.15, 0.2) is 0 Å². The van der Waals surface area contributed by atoms with E-state index < -0.39 is 0 Å². The van der Waals surface area contributed by atoms with Crippen LogP contribution < -0.4 is 0 Å². The maximum Gasteiger partial charge on any atom is 0.0742 e. The molecule has 3 aromatic rings. The number of aliphatic imine (C=N–C) groups is 1. The van der Waals surface area contributed by atoms with Gasteiger partial charge in [0.05, 0.1) is 5.69 Å². The number of allylic oxidation sites excluding steroid dienone is 1. The lowest BCUT2D eigenvalue weighted by Crippen LogP contribution is -1.89. The summed E-state index contributed by atoms with van der Waals surface area (Å²) in [7, 11) is 0. The van der Waals surface area contributed by atoms with Crippen LogP contribution in [0.1, 0.15) is 5.56 Å². The number of rotatable bonds is 4. The van der Waals surface area contributed by atoms with Gasteiger partial charge < -0.3 is 0 Å². The van der Waals surface area contributed by atoms with Crippen molar-refractivity contribution in [1.29, 1.82) is 0 Å². The average Bonchev–Trinajstić information content (AvgIpc) is 2.54. The first-order chi connectivity index (χ1) is 10.3. The number of benzene rings is 3. The summed E-state index contributed by atoms with van der Waals surface area (Å²) in [6, 6.07) is 21.0. The summed E-state index contributed by atoms with van der Waals surface area (Å²) in [5.74, 6) is 0. The van der Waals surface area contributed by atoms with Crippen molar-refractivity contribution in [2.75, 3.05) is 0 Å². The number of fused-ring (bicyclic) bond motifs is 1. The molecule has 1 nitrogen and oxygen atoms in total. The summed E-state index contributed by atoms with van der Waals surface area (Å²) >= 11 is 0. The van der Waals surface area contributed by atoms with Crippen molar-refractivity contribution < 1.29 is 0 Å². The molecular weight excluding hydrogens is 254 g/mol. The van der Waals surface area contributed by atoms with Gasteiger partial charge >= 0.3 is 0 Å². The average molecular weight is 271 g/mol. The monoisotopic (exact) mass is 271 g/mol. The Labute approximate surface area is 125 Å². The van der Waals surface area contributed by atoms with Crippen molar-refractivity contribution in [1.82, 2.24) is 0 Å². The van der Waals surface area contributed by atoms with Gasteiger partial charge in [0.2, 0.25) is 0 Å². The van der Waals surface area contributed by atoms with E-state index in [1.807, 2.05) is 12.1 Å². The molecule has 0 aromatic heterocycles. The van der Waals surface area contributed by atoms with Crippen LogP contribution >= 0.6 is 0 Å². The fourth-order valence-corrected chi connectivity index (χ4v) is 2.78. The molecule has 0 aliphatic heterocycles. The summed E-state index contributed by atoms with van der Waals surface area (Å²) in [4.78, 5) is 4.32. The first-order valence-electron chi connectivity index (χ1n) is 7.03. The van der Waals surface area contributed by atoms with E-state index in [4.69, 9.17) is 0 Å². The molecule has 0 fully saturated rings. The molecule has 0 atom stereocenters. The summed E-state index contributed by atoms with van der Waals surface area (Å²) in [6.45, 7) is 7.63. The van der Waals surface area contributed by atoms with Crippen LogP contribution in [0.2, 0.25) is 0 Å². The first-order valence-corrected chi connectivity index (χ1v) is 7.03. The Balaban J connectivity index is 2.43. The molecule has 1 heteroatoms. The quantitative estimate of drug-likeness (QED) is 0.434. The standard InChI is InChI=1S/C20H17N/c1-3-9-17-14-16-12-7-8-13-18(16)19(20(17)21-2)15-10-5-4-6-11-15/h3-8,10-14H,1-2,9H2. The van der Waals surface area contributed by atoms with Crippen molar-refractivity contribution in [3.8, 4) is 11.1 Å². The molecule has 3 rings (SSSR count). The van der Waals surface area contributed by atoms with Gasteiger partial charge in [0.1, 0.15) is 0 Å². The van der Waals surface area contributed by atoms with Crippen molar-refractivity contribution in [2.45, 2.75) is 6.42 Å². The molecule has 3 aromatic carbocycles.